The second-order valence-corrected chi connectivity index (χ2v) is 7.19. The third-order valence-electron chi connectivity index (χ3n) is 4.03. The Labute approximate surface area is 179 Å². The van der Waals surface area contributed by atoms with E-state index in [9.17, 15) is 9.59 Å². The smallest absolute Gasteiger partial charge is 0.261 e. The average Bonchev–Trinajstić information content (AvgIpc) is 3.30. The number of amides is 2. The van der Waals surface area contributed by atoms with E-state index >= 15 is 0 Å². The van der Waals surface area contributed by atoms with E-state index in [1.165, 1.54) is 11.3 Å². The van der Waals surface area contributed by atoms with Gasteiger partial charge in [0.2, 0.25) is 11.8 Å². The van der Waals surface area contributed by atoms with Crippen LogP contribution in [0.4, 0.5) is 0 Å². The number of nitrogens with zero attached hydrogens (tertiary/aromatic N) is 1. The highest BCUT2D eigenvalue weighted by Gasteiger charge is 2.08. The molecule has 8 heteroatoms. The average molecular weight is 426 g/mol. The summed E-state index contributed by atoms with van der Waals surface area (Å²) in [7, 11) is 0. The Hall–Kier alpha value is -3.39. The number of ether oxygens (including phenoxy) is 2. The first kappa shape index (κ1) is 21.3. The molecule has 0 fully saturated rings. The minimum absolute atomic E-state index is 0.146. The van der Waals surface area contributed by atoms with Crippen molar-refractivity contribution in [1.29, 1.82) is 0 Å². The second-order valence-electron chi connectivity index (χ2n) is 6.25. The number of hydrogen-bond donors (Lipinski definition) is 2. The van der Waals surface area contributed by atoms with Crippen LogP contribution in [0.3, 0.4) is 0 Å². The van der Waals surface area contributed by atoms with Crippen LogP contribution in [0.5, 0.6) is 17.4 Å². The van der Waals surface area contributed by atoms with Gasteiger partial charge in [0.25, 0.3) is 5.91 Å². The fraction of sp³-hybridized carbons (Fsp3) is 0.227. The van der Waals surface area contributed by atoms with Crippen LogP contribution < -0.4 is 20.1 Å². The third-order valence-corrected chi connectivity index (χ3v) is 4.90. The van der Waals surface area contributed by atoms with Gasteiger partial charge in [0.15, 0.2) is 11.5 Å². The summed E-state index contributed by atoms with van der Waals surface area (Å²) in [4.78, 5) is 28.7. The van der Waals surface area contributed by atoms with Crippen molar-refractivity contribution >= 4 is 23.2 Å². The maximum atomic E-state index is 12.0. The Balaban J connectivity index is 1.42. The summed E-state index contributed by atoms with van der Waals surface area (Å²) in [5.41, 5.74) is 0.844. The highest BCUT2D eigenvalue weighted by atomic mass is 32.1. The van der Waals surface area contributed by atoms with Gasteiger partial charge in [0.1, 0.15) is 0 Å². The number of carbonyl (C=O) groups excluding carboxylic acids is 2. The predicted molar refractivity (Wildman–Crippen MR) is 115 cm³/mol. The molecule has 1 aromatic carbocycles. The van der Waals surface area contributed by atoms with E-state index in [1.807, 2.05) is 48.7 Å². The van der Waals surface area contributed by atoms with Crippen LogP contribution >= 0.6 is 11.3 Å². The molecule has 2 heterocycles. The van der Waals surface area contributed by atoms with Gasteiger partial charge in [-0.2, -0.15) is 0 Å². The molecule has 0 unspecified atom stereocenters. The molecule has 0 bridgehead atoms. The summed E-state index contributed by atoms with van der Waals surface area (Å²) in [5, 5.41) is 7.38. The molecular weight excluding hydrogens is 402 g/mol. The molecule has 3 rings (SSSR count). The lowest BCUT2D eigenvalue weighted by Crippen LogP contribution is -2.30. The number of nitrogens with one attached hydrogen (secondary N) is 2. The number of hydrogen-bond acceptors (Lipinski definition) is 6. The largest absolute Gasteiger partial charge is 0.490 e. The van der Waals surface area contributed by atoms with Crippen molar-refractivity contribution < 1.29 is 19.1 Å². The Morgan fingerprint density at radius 1 is 1.03 bits per heavy atom. The van der Waals surface area contributed by atoms with Crippen molar-refractivity contribution in [1.82, 2.24) is 15.6 Å². The first-order chi connectivity index (χ1) is 14.7. The topological polar surface area (TPSA) is 89.5 Å². The lowest BCUT2D eigenvalue weighted by atomic mass is 10.2. The van der Waals surface area contributed by atoms with Crippen LogP contribution in [0.1, 0.15) is 28.6 Å². The summed E-state index contributed by atoms with van der Waals surface area (Å²) in [6.45, 7) is 3.09. The van der Waals surface area contributed by atoms with Gasteiger partial charge in [-0.05, 0) is 36.1 Å². The first-order valence-electron chi connectivity index (χ1n) is 9.58. The van der Waals surface area contributed by atoms with Crippen molar-refractivity contribution in [2.75, 3.05) is 13.2 Å². The maximum Gasteiger partial charge on any atom is 0.261 e. The molecule has 0 atom stereocenters. The second kappa shape index (κ2) is 11.0. The Morgan fingerprint density at radius 2 is 1.87 bits per heavy atom. The van der Waals surface area contributed by atoms with E-state index in [2.05, 4.69) is 15.6 Å². The zero-order valence-corrected chi connectivity index (χ0v) is 17.4. The molecule has 2 N–H and O–H groups in total. The Bertz CT molecular complexity index is 959. The van der Waals surface area contributed by atoms with Crippen molar-refractivity contribution in [3.63, 3.8) is 0 Å². The number of carbonyl (C=O) groups is 2. The maximum absolute atomic E-state index is 12.0. The quantitative estimate of drug-likeness (QED) is 0.516. The molecule has 0 spiro atoms. The zero-order valence-electron chi connectivity index (χ0n) is 16.6. The minimum atomic E-state index is -0.163. The summed E-state index contributed by atoms with van der Waals surface area (Å²) in [5.74, 6) is 1.38. The van der Waals surface area contributed by atoms with Gasteiger partial charge < -0.3 is 20.1 Å². The van der Waals surface area contributed by atoms with Gasteiger partial charge >= 0.3 is 0 Å². The molecule has 2 amide bonds. The number of aromatic nitrogens is 1. The van der Waals surface area contributed by atoms with E-state index in [1.54, 1.807) is 18.3 Å². The van der Waals surface area contributed by atoms with Crippen LogP contribution in [0.15, 0.2) is 60.1 Å². The normalized spacial score (nSPS) is 10.3. The zero-order chi connectivity index (χ0) is 21.2. The predicted octanol–water partition coefficient (Wildman–Crippen LogP) is 3.77. The van der Waals surface area contributed by atoms with Crippen molar-refractivity contribution in [3.05, 3.63) is 70.5 Å². The fourth-order valence-corrected chi connectivity index (χ4v) is 3.21. The van der Waals surface area contributed by atoms with Crippen LogP contribution in [-0.4, -0.2) is 29.9 Å². The fourth-order valence-electron chi connectivity index (χ4n) is 2.57. The van der Waals surface area contributed by atoms with E-state index in [0.29, 0.717) is 35.4 Å². The van der Waals surface area contributed by atoms with E-state index in [0.717, 1.165) is 5.56 Å². The number of pyridine rings is 1. The number of thiophene rings is 1. The van der Waals surface area contributed by atoms with Crippen LogP contribution in [0.2, 0.25) is 0 Å². The molecule has 0 aliphatic carbocycles. The van der Waals surface area contributed by atoms with Crippen molar-refractivity contribution in [2.24, 2.45) is 0 Å². The van der Waals surface area contributed by atoms with E-state index < -0.39 is 0 Å². The van der Waals surface area contributed by atoms with Gasteiger partial charge in [-0.15, -0.1) is 11.3 Å². The summed E-state index contributed by atoms with van der Waals surface area (Å²) < 4.78 is 11.3. The SMILES string of the molecule is CCOc1ccccc1Oc1ccc(CNC(=O)CCNC(=O)c2cccs2)cn1. The number of rotatable bonds is 10. The molecule has 2 aromatic heterocycles. The molecule has 0 aliphatic heterocycles. The highest BCUT2D eigenvalue weighted by Crippen LogP contribution is 2.30. The first-order valence-corrected chi connectivity index (χ1v) is 10.5. The molecule has 3 aromatic rings. The number of benzene rings is 1. The summed E-state index contributed by atoms with van der Waals surface area (Å²) in [6.07, 6.45) is 1.86. The number of para-hydroxylation sites is 2. The van der Waals surface area contributed by atoms with Crippen molar-refractivity contribution in [2.45, 2.75) is 19.9 Å². The Morgan fingerprint density at radius 3 is 2.57 bits per heavy atom. The van der Waals surface area contributed by atoms with Crippen LogP contribution in [0.25, 0.3) is 0 Å². The monoisotopic (exact) mass is 425 g/mol. The molecule has 0 saturated carbocycles. The van der Waals surface area contributed by atoms with Crippen LogP contribution in [-0.2, 0) is 11.3 Å². The van der Waals surface area contributed by atoms with Gasteiger partial charge in [0.05, 0.1) is 11.5 Å². The molecular formula is C22H23N3O4S. The molecule has 0 radical (unpaired) electrons. The molecule has 156 valence electrons. The lowest BCUT2D eigenvalue weighted by Gasteiger charge is -2.11. The summed E-state index contributed by atoms with van der Waals surface area (Å²) in [6, 6.07) is 14.5. The highest BCUT2D eigenvalue weighted by molar-refractivity contribution is 7.12. The summed E-state index contributed by atoms with van der Waals surface area (Å²) >= 11 is 1.37. The molecule has 0 aliphatic rings. The van der Waals surface area contributed by atoms with Gasteiger partial charge in [-0.25, -0.2) is 4.98 Å². The Kier molecular flexibility index (Phi) is 7.79. The van der Waals surface area contributed by atoms with Gasteiger partial charge in [-0.3, -0.25) is 9.59 Å². The van der Waals surface area contributed by atoms with E-state index in [4.69, 9.17) is 9.47 Å². The minimum Gasteiger partial charge on any atom is -0.490 e. The standard InChI is InChI=1S/C22H23N3O4S/c1-2-28-17-6-3-4-7-18(17)29-21-10-9-16(15-25-21)14-24-20(26)11-12-23-22(27)19-8-5-13-30-19/h3-10,13,15H,2,11-12,14H2,1H3,(H,23,27)(H,24,26). The van der Waals surface area contributed by atoms with Crippen LogP contribution in [0, 0.1) is 0 Å². The van der Waals surface area contributed by atoms with Gasteiger partial charge in [0, 0.05) is 31.8 Å². The lowest BCUT2D eigenvalue weighted by molar-refractivity contribution is -0.121. The third kappa shape index (κ3) is 6.31. The van der Waals surface area contributed by atoms with Crippen molar-refractivity contribution in [3.8, 4) is 17.4 Å². The molecule has 0 saturated heterocycles. The molecule has 30 heavy (non-hydrogen) atoms. The molecule has 7 nitrogen and oxygen atoms in total. The van der Waals surface area contributed by atoms with E-state index in [-0.39, 0.29) is 24.8 Å². The van der Waals surface area contributed by atoms with Gasteiger partial charge in [-0.1, -0.05) is 24.3 Å².